The van der Waals surface area contributed by atoms with Crippen molar-refractivity contribution in [1.29, 1.82) is 0 Å². The van der Waals surface area contributed by atoms with Crippen LogP contribution in [0.1, 0.15) is 33.3 Å². The lowest BCUT2D eigenvalue weighted by Crippen LogP contribution is -2.31. The summed E-state index contributed by atoms with van der Waals surface area (Å²) in [5.74, 6) is 0.360. The molecule has 1 amide bonds. The molecular weight excluding hydrogens is 230 g/mol. The molecule has 4 heteroatoms. The number of carbonyl (C=O) groups excluding carboxylic acids is 2. The van der Waals surface area contributed by atoms with Gasteiger partial charge in [0.25, 0.3) is 0 Å². The number of ketones is 1. The quantitative estimate of drug-likeness (QED) is 0.896. The molecule has 0 saturated heterocycles. The van der Waals surface area contributed by atoms with Crippen molar-refractivity contribution < 1.29 is 14.3 Å². The van der Waals surface area contributed by atoms with Crippen LogP contribution in [-0.2, 0) is 10.2 Å². The molecule has 1 N–H and O–H groups in total. The van der Waals surface area contributed by atoms with Crippen LogP contribution >= 0.6 is 0 Å². The van der Waals surface area contributed by atoms with Gasteiger partial charge in [-0.2, -0.15) is 0 Å². The number of benzene rings is 1. The van der Waals surface area contributed by atoms with Gasteiger partial charge in [0.15, 0.2) is 0 Å². The van der Waals surface area contributed by atoms with Crippen LogP contribution in [0.25, 0.3) is 0 Å². The summed E-state index contributed by atoms with van der Waals surface area (Å²) in [5.41, 5.74) is 1.08. The van der Waals surface area contributed by atoms with Crippen LogP contribution in [0.2, 0.25) is 0 Å². The van der Waals surface area contributed by atoms with Crippen molar-refractivity contribution in [1.82, 2.24) is 5.32 Å². The van der Waals surface area contributed by atoms with Gasteiger partial charge in [0.2, 0.25) is 0 Å². The second-order valence-electron chi connectivity index (χ2n) is 5.22. The van der Waals surface area contributed by atoms with Gasteiger partial charge in [-0.1, -0.05) is 32.9 Å². The first-order valence-electron chi connectivity index (χ1n) is 5.84. The lowest BCUT2D eigenvalue weighted by Gasteiger charge is -2.19. The van der Waals surface area contributed by atoms with Crippen molar-refractivity contribution in [3.63, 3.8) is 0 Å². The Balaban J connectivity index is 2.68. The molecule has 0 aliphatic heterocycles. The van der Waals surface area contributed by atoms with Crippen molar-refractivity contribution in [3.05, 3.63) is 29.8 Å². The molecule has 0 saturated carbocycles. The largest absolute Gasteiger partial charge is 0.412 e. The number of rotatable bonds is 3. The first-order chi connectivity index (χ1) is 8.29. The third-order valence-corrected chi connectivity index (χ3v) is 2.39. The second-order valence-corrected chi connectivity index (χ2v) is 5.22. The molecule has 0 bridgehead atoms. The summed E-state index contributed by atoms with van der Waals surface area (Å²) < 4.78 is 5.10. The standard InChI is InChI=1S/C14H19NO3/c1-10(16)9-15-13(17)18-12-7-5-6-11(8-12)14(2,3)4/h5-8H,9H2,1-4H3,(H,15,17). The molecular formula is C14H19NO3. The zero-order chi connectivity index (χ0) is 13.8. The van der Waals surface area contributed by atoms with E-state index in [2.05, 4.69) is 26.1 Å². The Hall–Kier alpha value is -1.84. The highest BCUT2D eigenvalue weighted by Gasteiger charge is 2.14. The minimum atomic E-state index is -0.615. The van der Waals surface area contributed by atoms with Crippen LogP contribution < -0.4 is 10.1 Å². The van der Waals surface area contributed by atoms with Gasteiger partial charge in [0, 0.05) is 0 Å². The molecule has 18 heavy (non-hydrogen) atoms. The number of nitrogens with one attached hydrogen (secondary N) is 1. The summed E-state index contributed by atoms with van der Waals surface area (Å²) in [4.78, 5) is 22.1. The molecule has 0 atom stereocenters. The third kappa shape index (κ3) is 4.57. The predicted molar refractivity (Wildman–Crippen MR) is 69.8 cm³/mol. The normalized spacial score (nSPS) is 10.9. The van der Waals surface area contributed by atoms with E-state index in [4.69, 9.17) is 4.74 Å². The molecule has 1 rings (SSSR count). The monoisotopic (exact) mass is 249 g/mol. The molecule has 98 valence electrons. The van der Waals surface area contributed by atoms with E-state index in [1.165, 1.54) is 6.92 Å². The highest BCUT2D eigenvalue weighted by atomic mass is 16.6. The SMILES string of the molecule is CC(=O)CNC(=O)Oc1cccc(C(C)(C)C)c1. The first-order valence-corrected chi connectivity index (χ1v) is 5.84. The summed E-state index contributed by atoms with van der Waals surface area (Å²) >= 11 is 0. The van der Waals surface area contributed by atoms with Gasteiger partial charge in [0.05, 0.1) is 6.54 Å². The number of amides is 1. The summed E-state index contributed by atoms with van der Waals surface area (Å²) in [5, 5.41) is 2.38. The van der Waals surface area contributed by atoms with Crippen LogP contribution in [0.5, 0.6) is 5.75 Å². The smallest absolute Gasteiger partial charge is 0.410 e. The molecule has 0 unspecified atom stereocenters. The summed E-state index contributed by atoms with van der Waals surface area (Å²) in [7, 11) is 0. The maximum absolute atomic E-state index is 11.4. The van der Waals surface area contributed by atoms with E-state index in [1.807, 2.05) is 18.2 Å². The maximum atomic E-state index is 11.4. The van der Waals surface area contributed by atoms with Gasteiger partial charge in [-0.3, -0.25) is 4.79 Å². The molecule has 0 heterocycles. The number of ether oxygens (including phenoxy) is 1. The Kier molecular flexibility index (Phi) is 4.48. The van der Waals surface area contributed by atoms with Crippen LogP contribution in [0.4, 0.5) is 4.79 Å². The van der Waals surface area contributed by atoms with Crippen molar-refractivity contribution in [2.24, 2.45) is 0 Å². The van der Waals surface area contributed by atoms with Crippen LogP contribution in [-0.4, -0.2) is 18.4 Å². The van der Waals surface area contributed by atoms with Gasteiger partial charge < -0.3 is 10.1 Å². The van der Waals surface area contributed by atoms with Crippen LogP contribution in [0.15, 0.2) is 24.3 Å². The highest BCUT2D eigenvalue weighted by Crippen LogP contribution is 2.25. The van der Waals surface area contributed by atoms with Gasteiger partial charge in [0.1, 0.15) is 11.5 Å². The highest BCUT2D eigenvalue weighted by molar-refractivity contribution is 5.82. The Labute approximate surface area is 107 Å². The molecule has 4 nitrogen and oxygen atoms in total. The molecule has 0 aliphatic carbocycles. The predicted octanol–water partition coefficient (Wildman–Crippen LogP) is 2.66. The Morgan fingerprint density at radius 2 is 1.94 bits per heavy atom. The van der Waals surface area contributed by atoms with Crippen molar-refractivity contribution in [3.8, 4) is 5.75 Å². The van der Waals surface area contributed by atoms with Crippen LogP contribution in [0, 0.1) is 0 Å². The number of Topliss-reactive ketones (excluding diaryl/α,β-unsaturated/α-hetero) is 1. The zero-order valence-electron chi connectivity index (χ0n) is 11.2. The fourth-order valence-corrected chi connectivity index (χ4v) is 1.37. The van der Waals surface area contributed by atoms with E-state index in [-0.39, 0.29) is 17.7 Å². The molecule has 0 aromatic heterocycles. The second kappa shape index (κ2) is 5.67. The van der Waals surface area contributed by atoms with E-state index in [0.717, 1.165) is 5.56 Å². The number of hydrogen-bond donors (Lipinski definition) is 1. The molecule has 0 fully saturated rings. The minimum Gasteiger partial charge on any atom is -0.410 e. The summed E-state index contributed by atoms with van der Waals surface area (Å²) in [6.07, 6.45) is -0.615. The molecule has 1 aromatic rings. The third-order valence-electron chi connectivity index (χ3n) is 2.39. The van der Waals surface area contributed by atoms with Crippen molar-refractivity contribution in [2.45, 2.75) is 33.1 Å². The van der Waals surface area contributed by atoms with Crippen LogP contribution in [0.3, 0.4) is 0 Å². The Morgan fingerprint density at radius 1 is 1.28 bits per heavy atom. The summed E-state index contributed by atoms with van der Waals surface area (Å²) in [6, 6.07) is 7.37. The fraction of sp³-hybridized carbons (Fsp3) is 0.429. The van der Waals surface area contributed by atoms with E-state index in [0.29, 0.717) is 5.75 Å². The number of carbonyl (C=O) groups is 2. The molecule has 1 aromatic carbocycles. The van der Waals surface area contributed by atoms with Crippen molar-refractivity contribution >= 4 is 11.9 Å². The van der Waals surface area contributed by atoms with Gasteiger partial charge in [-0.05, 0) is 30.0 Å². The van der Waals surface area contributed by atoms with Crippen molar-refractivity contribution in [2.75, 3.05) is 6.54 Å². The average molecular weight is 249 g/mol. The van der Waals surface area contributed by atoms with E-state index >= 15 is 0 Å². The van der Waals surface area contributed by atoms with Gasteiger partial charge in [-0.15, -0.1) is 0 Å². The zero-order valence-corrected chi connectivity index (χ0v) is 11.2. The van der Waals surface area contributed by atoms with E-state index in [1.54, 1.807) is 6.07 Å². The van der Waals surface area contributed by atoms with E-state index < -0.39 is 6.09 Å². The van der Waals surface area contributed by atoms with E-state index in [9.17, 15) is 9.59 Å². The maximum Gasteiger partial charge on any atom is 0.412 e. The molecule has 0 radical (unpaired) electrons. The van der Waals surface area contributed by atoms with Gasteiger partial charge in [-0.25, -0.2) is 4.79 Å². The summed E-state index contributed by atoms with van der Waals surface area (Å²) in [6.45, 7) is 7.64. The Bertz CT molecular complexity index is 447. The lowest BCUT2D eigenvalue weighted by atomic mass is 9.87. The average Bonchev–Trinajstić information content (AvgIpc) is 2.25. The minimum absolute atomic E-state index is 0.00473. The lowest BCUT2D eigenvalue weighted by molar-refractivity contribution is -0.116. The molecule has 0 aliphatic rings. The molecule has 0 spiro atoms. The number of hydrogen-bond acceptors (Lipinski definition) is 3. The Morgan fingerprint density at radius 3 is 2.50 bits per heavy atom. The van der Waals surface area contributed by atoms with Gasteiger partial charge >= 0.3 is 6.09 Å². The fourth-order valence-electron chi connectivity index (χ4n) is 1.37. The first kappa shape index (κ1) is 14.2. The topological polar surface area (TPSA) is 55.4 Å².